The lowest BCUT2D eigenvalue weighted by Crippen LogP contribution is -2.12. The summed E-state index contributed by atoms with van der Waals surface area (Å²) in [6, 6.07) is 3.43. The van der Waals surface area contributed by atoms with Gasteiger partial charge in [-0.25, -0.2) is 0 Å². The predicted octanol–water partition coefficient (Wildman–Crippen LogP) is 2.44. The van der Waals surface area contributed by atoms with Crippen LogP contribution in [0.25, 0.3) is 0 Å². The molecule has 0 aliphatic carbocycles. The van der Waals surface area contributed by atoms with Crippen LogP contribution in [0.2, 0.25) is 0 Å². The molecule has 1 aromatic carbocycles. The lowest BCUT2D eigenvalue weighted by Gasteiger charge is -2.23. The molecule has 1 aromatic rings. The monoisotopic (exact) mass is 280 g/mol. The smallest absolute Gasteiger partial charge is 0.143 e. The number of rotatable bonds is 5. The summed E-state index contributed by atoms with van der Waals surface area (Å²) in [5, 5.41) is 10.5. The fourth-order valence-electron chi connectivity index (χ4n) is 2.21. The highest BCUT2D eigenvalue weighted by Crippen LogP contribution is 2.41. The summed E-state index contributed by atoms with van der Waals surface area (Å²) in [6.07, 6.45) is 2.85. The topological polar surface area (TPSA) is 57.2 Å². The van der Waals surface area contributed by atoms with E-state index in [0.29, 0.717) is 35.2 Å². The van der Waals surface area contributed by atoms with Crippen LogP contribution in [0.4, 0.5) is 0 Å². The second kappa shape index (κ2) is 6.52. The number of allylic oxidation sites excluding steroid dienone is 1. The molecule has 0 saturated heterocycles. The van der Waals surface area contributed by atoms with Gasteiger partial charge in [0.05, 0.1) is 33.5 Å². The Labute approximate surface area is 118 Å². The van der Waals surface area contributed by atoms with Crippen molar-refractivity contribution < 1.29 is 24.1 Å². The second-order valence-electron chi connectivity index (χ2n) is 4.45. The molecule has 2 rings (SSSR count). The number of aliphatic hydroxyl groups excluding tert-OH is 1. The Bertz CT molecular complexity index is 470. The van der Waals surface area contributed by atoms with E-state index in [1.54, 1.807) is 33.5 Å². The van der Waals surface area contributed by atoms with E-state index >= 15 is 0 Å². The molecule has 0 saturated carbocycles. The van der Waals surface area contributed by atoms with Gasteiger partial charge >= 0.3 is 0 Å². The minimum absolute atomic E-state index is 0.503. The molecule has 0 amide bonds. The van der Waals surface area contributed by atoms with E-state index in [9.17, 15) is 5.11 Å². The molecule has 0 fully saturated rings. The van der Waals surface area contributed by atoms with Crippen LogP contribution in [0.1, 0.15) is 24.5 Å². The first-order chi connectivity index (χ1) is 9.71. The Morgan fingerprint density at radius 1 is 1.10 bits per heavy atom. The van der Waals surface area contributed by atoms with E-state index < -0.39 is 6.10 Å². The zero-order chi connectivity index (χ0) is 14.5. The average molecular weight is 280 g/mol. The minimum atomic E-state index is -0.911. The van der Waals surface area contributed by atoms with E-state index in [-0.39, 0.29) is 0 Å². The number of aliphatic hydroxyl groups is 1. The molecule has 5 heteroatoms. The molecule has 5 nitrogen and oxygen atoms in total. The Hall–Kier alpha value is -1.88. The first kappa shape index (κ1) is 14.5. The molecule has 0 radical (unpaired) electrons. The Morgan fingerprint density at radius 3 is 2.20 bits per heavy atom. The molecule has 1 unspecified atom stereocenters. The standard InChI is InChI=1S/C15H20O5/c1-17-10-8-12(18-2)14(13(9-10)19-3)15(16)11-6-4-5-7-20-11/h6,8-9,15-16H,4-5,7H2,1-3H3. The van der Waals surface area contributed by atoms with Gasteiger partial charge in [0.15, 0.2) is 0 Å². The molecular weight excluding hydrogens is 260 g/mol. The maximum atomic E-state index is 10.5. The van der Waals surface area contributed by atoms with Crippen molar-refractivity contribution in [3.8, 4) is 17.2 Å². The first-order valence-corrected chi connectivity index (χ1v) is 6.52. The van der Waals surface area contributed by atoms with Crippen molar-refractivity contribution in [1.82, 2.24) is 0 Å². The molecule has 0 bridgehead atoms. The molecule has 0 aromatic heterocycles. The third kappa shape index (κ3) is 2.82. The van der Waals surface area contributed by atoms with Crippen molar-refractivity contribution in [3.05, 3.63) is 29.5 Å². The molecule has 110 valence electrons. The highest BCUT2D eigenvalue weighted by atomic mass is 16.5. The van der Waals surface area contributed by atoms with Gasteiger partial charge in [0.1, 0.15) is 29.1 Å². The molecule has 1 heterocycles. The summed E-state index contributed by atoms with van der Waals surface area (Å²) in [5.41, 5.74) is 0.545. The van der Waals surface area contributed by atoms with Crippen LogP contribution >= 0.6 is 0 Å². The van der Waals surface area contributed by atoms with Crippen LogP contribution in [-0.4, -0.2) is 33.0 Å². The lowest BCUT2D eigenvalue weighted by atomic mass is 10.0. The minimum Gasteiger partial charge on any atom is -0.496 e. The van der Waals surface area contributed by atoms with Crippen LogP contribution in [0.3, 0.4) is 0 Å². The summed E-state index contributed by atoms with van der Waals surface area (Å²) in [4.78, 5) is 0. The summed E-state index contributed by atoms with van der Waals surface area (Å²) in [6.45, 7) is 0.615. The average Bonchev–Trinajstić information content (AvgIpc) is 2.53. The Balaban J connectivity index is 2.45. The van der Waals surface area contributed by atoms with Crippen LogP contribution in [0.15, 0.2) is 24.0 Å². The number of methoxy groups -OCH3 is 3. The predicted molar refractivity (Wildman–Crippen MR) is 74.3 cm³/mol. The molecule has 1 aliphatic rings. The van der Waals surface area contributed by atoms with Gasteiger partial charge in [-0.3, -0.25) is 0 Å². The van der Waals surface area contributed by atoms with Crippen molar-refractivity contribution in [2.45, 2.75) is 18.9 Å². The van der Waals surface area contributed by atoms with Crippen molar-refractivity contribution in [3.63, 3.8) is 0 Å². The fourth-order valence-corrected chi connectivity index (χ4v) is 2.21. The van der Waals surface area contributed by atoms with Crippen LogP contribution in [0.5, 0.6) is 17.2 Å². The third-order valence-electron chi connectivity index (χ3n) is 3.26. The first-order valence-electron chi connectivity index (χ1n) is 6.52. The highest BCUT2D eigenvalue weighted by Gasteiger charge is 2.25. The fraction of sp³-hybridized carbons (Fsp3) is 0.467. The van der Waals surface area contributed by atoms with Crippen LogP contribution in [-0.2, 0) is 4.74 Å². The van der Waals surface area contributed by atoms with E-state index in [1.165, 1.54) is 0 Å². The maximum Gasteiger partial charge on any atom is 0.143 e. The summed E-state index contributed by atoms with van der Waals surface area (Å²) in [5.74, 6) is 2.15. The third-order valence-corrected chi connectivity index (χ3v) is 3.26. The quantitative estimate of drug-likeness (QED) is 0.897. The van der Waals surface area contributed by atoms with Crippen LogP contribution in [0, 0.1) is 0 Å². The second-order valence-corrected chi connectivity index (χ2v) is 4.45. The molecule has 20 heavy (non-hydrogen) atoms. The van der Waals surface area contributed by atoms with Gasteiger partial charge in [-0.05, 0) is 18.9 Å². The zero-order valence-electron chi connectivity index (χ0n) is 12.0. The lowest BCUT2D eigenvalue weighted by molar-refractivity contribution is 0.0885. The van der Waals surface area contributed by atoms with E-state index in [2.05, 4.69) is 0 Å². The van der Waals surface area contributed by atoms with E-state index in [4.69, 9.17) is 18.9 Å². The molecular formula is C15H20O5. The van der Waals surface area contributed by atoms with Crippen molar-refractivity contribution in [1.29, 1.82) is 0 Å². The highest BCUT2D eigenvalue weighted by molar-refractivity contribution is 5.53. The van der Waals surface area contributed by atoms with Gasteiger partial charge in [0.25, 0.3) is 0 Å². The normalized spacial score (nSPS) is 15.9. The maximum absolute atomic E-state index is 10.5. The van der Waals surface area contributed by atoms with Crippen molar-refractivity contribution >= 4 is 0 Å². The van der Waals surface area contributed by atoms with Gasteiger partial charge in [-0.2, -0.15) is 0 Å². The van der Waals surface area contributed by atoms with E-state index in [0.717, 1.165) is 12.8 Å². The SMILES string of the molecule is COc1cc(OC)c(C(O)C2=CCCCO2)c(OC)c1. The largest absolute Gasteiger partial charge is 0.496 e. The molecule has 0 spiro atoms. The number of benzene rings is 1. The van der Waals surface area contributed by atoms with E-state index in [1.807, 2.05) is 6.08 Å². The Morgan fingerprint density at radius 2 is 1.75 bits per heavy atom. The summed E-state index contributed by atoms with van der Waals surface area (Å²) < 4.78 is 21.4. The van der Waals surface area contributed by atoms with Gasteiger partial charge < -0.3 is 24.1 Å². The summed E-state index contributed by atoms with van der Waals surface area (Å²) in [7, 11) is 4.65. The van der Waals surface area contributed by atoms with Gasteiger partial charge in [-0.15, -0.1) is 0 Å². The van der Waals surface area contributed by atoms with Gasteiger partial charge in [0.2, 0.25) is 0 Å². The van der Waals surface area contributed by atoms with Gasteiger partial charge in [-0.1, -0.05) is 0 Å². The number of hydrogen-bond acceptors (Lipinski definition) is 5. The Kier molecular flexibility index (Phi) is 4.74. The number of hydrogen-bond donors (Lipinski definition) is 1. The summed E-state index contributed by atoms with van der Waals surface area (Å²) >= 11 is 0. The van der Waals surface area contributed by atoms with Crippen LogP contribution < -0.4 is 14.2 Å². The van der Waals surface area contributed by atoms with Gasteiger partial charge in [0, 0.05) is 12.1 Å². The number of ether oxygens (including phenoxy) is 4. The molecule has 1 aliphatic heterocycles. The molecule has 1 atom stereocenters. The zero-order valence-corrected chi connectivity index (χ0v) is 12.0. The molecule has 1 N–H and O–H groups in total. The van der Waals surface area contributed by atoms with Crippen molar-refractivity contribution in [2.75, 3.05) is 27.9 Å². The van der Waals surface area contributed by atoms with Crippen molar-refractivity contribution in [2.24, 2.45) is 0 Å².